The number of rotatable bonds is 5. The molecule has 0 saturated heterocycles. The van der Waals surface area contributed by atoms with E-state index in [9.17, 15) is 0 Å². The summed E-state index contributed by atoms with van der Waals surface area (Å²) in [6.07, 6.45) is 0. The Bertz CT molecular complexity index is 570. The molecule has 0 atom stereocenters. The molecule has 96 valence electrons. The van der Waals surface area contributed by atoms with E-state index in [0.717, 1.165) is 18.8 Å². The zero-order chi connectivity index (χ0) is 13.5. The quantitative estimate of drug-likeness (QED) is 0.890. The Morgan fingerprint density at radius 3 is 2.47 bits per heavy atom. The fraction of sp³-hybridized carbons (Fsp3) is 0.188. The molecule has 0 radical (unpaired) electrons. The van der Waals surface area contributed by atoms with Crippen molar-refractivity contribution in [3.63, 3.8) is 0 Å². The summed E-state index contributed by atoms with van der Waals surface area (Å²) in [6.45, 7) is 1.57. The smallest absolute Gasteiger partial charge is 0.119 e. The van der Waals surface area contributed by atoms with Gasteiger partial charge in [-0.15, -0.1) is 0 Å². The van der Waals surface area contributed by atoms with Crippen LogP contribution < -0.4 is 10.1 Å². The zero-order valence-electron chi connectivity index (χ0n) is 10.9. The third-order valence-electron chi connectivity index (χ3n) is 2.88. The maximum Gasteiger partial charge on any atom is 0.119 e. The average Bonchev–Trinajstić information content (AvgIpc) is 2.48. The maximum absolute atomic E-state index is 8.73. The van der Waals surface area contributed by atoms with E-state index in [-0.39, 0.29) is 0 Å². The van der Waals surface area contributed by atoms with E-state index < -0.39 is 0 Å². The van der Waals surface area contributed by atoms with Crippen LogP contribution in [0.15, 0.2) is 48.5 Å². The third kappa shape index (κ3) is 3.84. The van der Waals surface area contributed by atoms with Gasteiger partial charge >= 0.3 is 0 Å². The van der Waals surface area contributed by atoms with Crippen LogP contribution in [0.3, 0.4) is 0 Å². The molecular formula is C16H16N2O. The van der Waals surface area contributed by atoms with Crippen LogP contribution in [0.4, 0.5) is 0 Å². The van der Waals surface area contributed by atoms with Crippen molar-refractivity contribution in [3.05, 3.63) is 65.2 Å². The van der Waals surface area contributed by atoms with Crippen LogP contribution >= 0.6 is 0 Å². The summed E-state index contributed by atoms with van der Waals surface area (Å²) >= 11 is 0. The molecule has 2 aromatic carbocycles. The topological polar surface area (TPSA) is 45.0 Å². The van der Waals surface area contributed by atoms with Gasteiger partial charge in [0.25, 0.3) is 0 Å². The highest BCUT2D eigenvalue weighted by molar-refractivity contribution is 5.32. The van der Waals surface area contributed by atoms with Crippen molar-refractivity contribution in [2.45, 2.75) is 13.1 Å². The van der Waals surface area contributed by atoms with Gasteiger partial charge in [-0.25, -0.2) is 0 Å². The lowest BCUT2D eigenvalue weighted by Gasteiger charge is -2.07. The summed E-state index contributed by atoms with van der Waals surface area (Å²) in [5.41, 5.74) is 3.05. The predicted molar refractivity (Wildman–Crippen MR) is 74.7 cm³/mol. The van der Waals surface area contributed by atoms with Gasteiger partial charge in [0.15, 0.2) is 0 Å². The number of methoxy groups -OCH3 is 1. The molecule has 3 heteroatoms. The van der Waals surface area contributed by atoms with Crippen LogP contribution in [-0.4, -0.2) is 7.11 Å². The molecule has 0 aliphatic carbocycles. The molecule has 0 aromatic heterocycles. The fourth-order valence-corrected chi connectivity index (χ4v) is 1.83. The van der Waals surface area contributed by atoms with Crippen molar-refractivity contribution in [2.24, 2.45) is 0 Å². The SMILES string of the molecule is COc1cccc(CNCc2ccc(C#N)cc2)c1. The Hall–Kier alpha value is -2.31. The van der Waals surface area contributed by atoms with E-state index in [0.29, 0.717) is 5.56 Å². The summed E-state index contributed by atoms with van der Waals surface area (Å²) in [4.78, 5) is 0. The number of hydrogen-bond acceptors (Lipinski definition) is 3. The first-order valence-electron chi connectivity index (χ1n) is 6.14. The molecule has 1 N–H and O–H groups in total. The molecule has 0 amide bonds. The number of nitriles is 1. The van der Waals surface area contributed by atoms with Crippen molar-refractivity contribution in [3.8, 4) is 11.8 Å². The molecule has 0 unspecified atom stereocenters. The molecule has 0 aliphatic heterocycles. The molecular weight excluding hydrogens is 236 g/mol. The highest BCUT2D eigenvalue weighted by atomic mass is 16.5. The molecule has 0 fully saturated rings. The minimum Gasteiger partial charge on any atom is -0.497 e. The molecule has 2 aromatic rings. The van der Waals surface area contributed by atoms with Crippen LogP contribution in [0, 0.1) is 11.3 Å². The van der Waals surface area contributed by atoms with Gasteiger partial charge in [-0.1, -0.05) is 24.3 Å². The zero-order valence-corrected chi connectivity index (χ0v) is 10.9. The van der Waals surface area contributed by atoms with Crippen LogP contribution in [0.25, 0.3) is 0 Å². The Balaban J connectivity index is 1.87. The van der Waals surface area contributed by atoms with E-state index in [4.69, 9.17) is 10.00 Å². The molecule has 0 saturated carbocycles. The van der Waals surface area contributed by atoms with E-state index in [1.165, 1.54) is 11.1 Å². The van der Waals surface area contributed by atoms with E-state index in [1.807, 2.05) is 42.5 Å². The second-order valence-corrected chi connectivity index (χ2v) is 4.26. The van der Waals surface area contributed by atoms with Gasteiger partial charge in [0, 0.05) is 13.1 Å². The van der Waals surface area contributed by atoms with Gasteiger partial charge < -0.3 is 10.1 Å². The Kier molecular flexibility index (Phi) is 4.54. The molecule has 19 heavy (non-hydrogen) atoms. The van der Waals surface area contributed by atoms with Gasteiger partial charge in [-0.3, -0.25) is 0 Å². The summed E-state index contributed by atoms with van der Waals surface area (Å²) in [5.74, 6) is 0.873. The Morgan fingerprint density at radius 2 is 1.79 bits per heavy atom. The number of nitrogens with zero attached hydrogens (tertiary/aromatic N) is 1. The lowest BCUT2D eigenvalue weighted by molar-refractivity contribution is 0.414. The molecule has 2 rings (SSSR count). The van der Waals surface area contributed by atoms with Gasteiger partial charge in [0.2, 0.25) is 0 Å². The lowest BCUT2D eigenvalue weighted by atomic mass is 10.1. The Labute approximate surface area is 113 Å². The van der Waals surface area contributed by atoms with Crippen molar-refractivity contribution in [1.82, 2.24) is 5.32 Å². The summed E-state index contributed by atoms with van der Waals surface area (Å²) in [6, 6.07) is 17.7. The summed E-state index contributed by atoms with van der Waals surface area (Å²) in [7, 11) is 1.67. The van der Waals surface area contributed by atoms with Crippen LogP contribution in [0.1, 0.15) is 16.7 Å². The molecule has 0 spiro atoms. The normalized spacial score (nSPS) is 9.89. The second kappa shape index (κ2) is 6.58. The van der Waals surface area contributed by atoms with Crippen molar-refractivity contribution < 1.29 is 4.74 Å². The Morgan fingerprint density at radius 1 is 1.05 bits per heavy atom. The molecule has 0 bridgehead atoms. The molecule has 3 nitrogen and oxygen atoms in total. The average molecular weight is 252 g/mol. The molecule has 0 aliphatic rings. The first-order chi connectivity index (χ1) is 9.31. The summed E-state index contributed by atoms with van der Waals surface area (Å²) < 4.78 is 5.19. The standard InChI is InChI=1S/C16H16N2O/c1-19-16-4-2-3-15(9-16)12-18-11-14-7-5-13(10-17)6-8-14/h2-9,18H,11-12H2,1H3. The van der Waals surface area contributed by atoms with Crippen LogP contribution in [0.2, 0.25) is 0 Å². The number of hydrogen-bond donors (Lipinski definition) is 1. The molecule has 0 heterocycles. The largest absolute Gasteiger partial charge is 0.497 e. The number of ether oxygens (including phenoxy) is 1. The van der Waals surface area contributed by atoms with Crippen LogP contribution in [0.5, 0.6) is 5.75 Å². The van der Waals surface area contributed by atoms with E-state index in [1.54, 1.807) is 7.11 Å². The van der Waals surface area contributed by atoms with Gasteiger partial charge in [0.05, 0.1) is 18.7 Å². The first-order valence-corrected chi connectivity index (χ1v) is 6.14. The number of benzene rings is 2. The minimum atomic E-state index is 0.691. The minimum absolute atomic E-state index is 0.691. The van der Waals surface area contributed by atoms with Crippen molar-refractivity contribution >= 4 is 0 Å². The van der Waals surface area contributed by atoms with Gasteiger partial charge in [0.1, 0.15) is 5.75 Å². The van der Waals surface area contributed by atoms with Gasteiger partial charge in [-0.2, -0.15) is 5.26 Å². The number of nitrogens with one attached hydrogen (secondary N) is 1. The second-order valence-electron chi connectivity index (χ2n) is 4.26. The van der Waals surface area contributed by atoms with Gasteiger partial charge in [-0.05, 0) is 35.4 Å². The van der Waals surface area contributed by atoms with E-state index >= 15 is 0 Å². The predicted octanol–water partition coefficient (Wildman–Crippen LogP) is 2.86. The lowest BCUT2D eigenvalue weighted by Crippen LogP contribution is -2.12. The first kappa shape index (κ1) is 13.1. The van der Waals surface area contributed by atoms with E-state index in [2.05, 4.69) is 17.5 Å². The van der Waals surface area contributed by atoms with Crippen LogP contribution in [-0.2, 0) is 13.1 Å². The van der Waals surface area contributed by atoms with Crippen molar-refractivity contribution in [1.29, 1.82) is 5.26 Å². The summed E-state index contributed by atoms with van der Waals surface area (Å²) in [5, 5.41) is 12.1. The highest BCUT2D eigenvalue weighted by Crippen LogP contribution is 2.12. The fourth-order valence-electron chi connectivity index (χ4n) is 1.83. The highest BCUT2D eigenvalue weighted by Gasteiger charge is 1.97. The maximum atomic E-state index is 8.73. The van der Waals surface area contributed by atoms with Crippen molar-refractivity contribution in [2.75, 3.05) is 7.11 Å². The third-order valence-corrected chi connectivity index (χ3v) is 2.88. The monoisotopic (exact) mass is 252 g/mol.